The first-order valence-electron chi connectivity index (χ1n) is 15.2. The van der Waals surface area contributed by atoms with Crippen molar-refractivity contribution in [2.75, 3.05) is 13.1 Å². The van der Waals surface area contributed by atoms with E-state index in [-0.39, 0.29) is 24.1 Å². The number of benzene rings is 1. The van der Waals surface area contributed by atoms with Gasteiger partial charge in [0.15, 0.2) is 0 Å². The van der Waals surface area contributed by atoms with Crippen molar-refractivity contribution in [2.45, 2.75) is 109 Å². The molecule has 2 atom stereocenters. The minimum atomic E-state index is -1.04. The van der Waals surface area contributed by atoms with Crippen LogP contribution in [0.2, 0.25) is 0 Å². The molecule has 3 aliphatic rings. The molecular weight excluding hydrogens is 534 g/mol. The van der Waals surface area contributed by atoms with Crippen LogP contribution in [0.25, 0.3) is 11.3 Å². The van der Waals surface area contributed by atoms with E-state index >= 15 is 0 Å². The molecule has 3 heterocycles. The molecule has 228 valence electrons. The third-order valence-corrected chi connectivity index (χ3v) is 9.19. The van der Waals surface area contributed by atoms with Crippen LogP contribution in [0.15, 0.2) is 30.5 Å². The Balaban J connectivity index is 1.19. The monoisotopic (exact) mass is 579 g/mol. The third kappa shape index (κ3) is 5.60. The van der Waals surface area contributed by atoms with Gasteiger partial charge < -0.3 is 20.1 Å². The zero-order valence-corrected chi connectivity index (χ0v) is 25.7. The van der Waals surface area contributed by atoms with Gasteiger partial charge in [-0.25, -0.2) is 14.6 Å². The van der Waals surface area contributed by atoms with Gasteiger partial charge in [-0.3, -0.25) is 14.6 Å². The minimum Gasteiger partial charge on any atom is -0.465 e. The van der Waals surface area contributed by atoms with E-state index in [1.165, 1.54) is 10.5 Å². The summed E-state index contributed by atoms with van der Waals surface area (Å²) in [6, 6.07) is 8.32. The van der Waals surface area contributed by atoms with Gasteiger partial charge in [0.1, 0.15) is 17.0 Å². The number of likely N-dealkylation sites (tertiary alicyclic amines) is 2. The molecule has 3 fully saturated rings. The summed E-state index contributed by atoms with van der Waals surface area (Å²) in [5.41, 5.74) is 1.04. The molecule has 0 bridgehead atoms. The van der Waals surface area contributed by atoms with Gasteiger partial charge in [0, 0.05) is 19.1 Å². The molecule has 10 heteroatoms. The van der Waals surface area contributed by atoms with E-state index in [0.717, 1.165) is 42.8 Å². The van der Waals surface area contributed by atoms with Crippen molar-refractivity contribution in [1.82, 2.24) is 25.1 Å². The van der Waals surface area contributed by atoms with Crippen molar-refractivity contribution >= 4 is 18.1 Å². The maximum Gasteiger partial charge on any atom is 0.410 e. The highest BCUT2D eigenvalue weighted by molar-refractivity contribution is 5.91. The number of ether oxygens (including phenoxy) is 1. The van der Waals surface area contributed by atoms with Crippen LogP contribution in [-0.2, 0) is 9.53 Å². The van der Waals surface area contributed by atoms with Gasteiger partial charge in [0.05, 0.1) is 17.9 Å². The van der Waals surface area contributed by atoms with Gasteiger partial charge in [-0.2, -0.15) is 0 Å². The molecule has 2 saturated heterocycles. The summed E-state index contributed by atoms with van der Waals surface area (Å²) in [7, 11) is 0. The summed E-state index contributed by atoms with van der Waals surface area (Å²) in [6.07, 6.45) is 5.12. The molecule has 2 aromatic rings. The van der Waals surface area contributed by atoms with Crippen LogP contribution in [0, 0.1) is 5.41 Å². The zero-order valence-electron chi connectivity index (χ0n) is 25.7. The molecular formula is C32H45N5O5. The van der Waals surface area contributed by atoms with E-state index in [1.54, 1.807) is 4.90 Å². The number of hydrogen-bond acceptors (Lipinski definition) is 5. The smallest absolute Gasteiger partial charge is 0.410 e. The fourth-order valence-corrected chi connectivity index (χ4v) is 6.92. The van der Waals surface area contributed by atoms with Gasteiger partial charge in [0.2, 0.25) is 5.91 Å². The Labute approximate surface area is 248 Å². The summed E-state index contributed by atoms with van der Waals surface area (Å²) in [6.45, 7) is 12.5. The summed E-state index contributed by atoms with van der Waals surface area (Å²) >= 11 is 0. The second-order valence-electron chi connectivity index (χ2n) is 14.1. The molecule has 0 spiro atoms. The van der Waals surface area contributed by atoms with Gasteiger partial charge in [-0.05, 0) is 81.8 Å². The van der Waals surface area contributed by atoms with Crippen molar-refractivity contribution in [2.24, 2.45) is 5.41 Å². The Morgan fingerprint density at radius 3 is 2.36 bits per heavy atom. The summed E-state index contributed by atoms with van der Waals surface area (Å²) in [5, 5.41) is 13.0. The number of H-pyrrole nitrogens is 1. The average molecular weight is 580 g/mol. The van der Waals surface area contributed by atoms with Crippen LogP contribution in [0.4, 0.5) is 9.59 Å². The number of carboxylic acid groups (broad SMARTS) is 1. The first-order valence-corrected chi connectivity index (χ1v) is 15.2. The number of rotatable bonds is 5. The summed E-state index contributed by atoms with van der Waals surface area (Å²) < 4.78 is 5.60. The number of hydrogen-bond donors (Lipinski definition) is 3. The molecule has 3 N–H and O–H groups in total. The van der Waals surface area contributed by atoms with Crippen molar-refractivity contribution < 1.29 is 24.2 Å². The standard InChI is InChI=1S/C32H45N5O5/c1-30(2,3)32(14-8-16-37(32)28(39)40)27(38)34-23-17-22(18-23)20-10-12-21(13-11-20)24-19-33-26(35-24)25-9-7-15-36(25)29(41)42-31(4,5)6/h10-13,19,22-23,25H,7-9,14-18H2,1-6H3,(H,33,35)(H,34,38)(H,39,40). The van der Waals surface area contributed by atoms with Crippen LogP contribution in [0.3, 0.4) is 0 Å². The Morgan fingerprint density at radius 1 is 1.05 bits per heavy atom. The molecule has 10 nitrogen and oxygen atoms in total. The lowest BCUT2D eigenvalue weighted by Gasteiger charge is -2.47. The number of amides is 3. The maximum absolute atomic E-state index is 13.5. The van der Waals surface area contributed by atoms with Crippen molar-refractivity contribution in [3.8, 4) is 11.3 Å². The largest absolute Gasteiger partial charge is 0.465 e. The first-order chi connectivity index (χ1) is 19.7. The molecule has 1 aromatic heterocycles. The minimum absolute atomic E-state index is 0.0344. The number of nitrogens with one attached hydrogen (secondary N) is 2. The lowest BCUT2D eigenvalue weighted by atomic mass is 9.70. The molecule has 1 aliphatic carbocycles. The van der Waals surface area contributed by atoms with E-state index < -0.39 is 22.6 Å². The molecule has 5 rings (SSSR count). The van der Waals surface area contributed by atoms with Crippen LogP contribution in [-0.4, -0.2) is 73.2 Å². The Kier molecular flexibility index (Phi) is 7.79. The van der Waals surface area contributed by atoms with Gasteiger partial charge in [-0.15, -0.1) is 0 Å². The number of carbonyl (C=O) groups excluding carboxylic acids is 2. The first kappa shape index (κ1) is 29.9. The third-order valence-electron chi connectivity index (χ3n) is 9.19. The predicted octanol–water partition coefficient (Wildman–Crippen LogP) is 6.07. The van der Waals surface area contributed by atoms with Crippen LogP contribution < -0.4 is 5.32 Å². The number of nitrogens with zero attached hydrogens (tertiary/aromatic N) is 3. The second-order valence-corrected chi connectivity index (χ2v) is 14.1. The SMILES string of the molecule is CC(C)(C)OC(=O)N1CCCC1c1ncc(-c2ccc(C3CC(NC(=O)C4(C(C)(C)C)CCCN4C(=O)O)C3)cc2)[nH]1. The van der Waals surface area contributed by atoms with E-state index in [2.05, 4.69) is 39.6 Å². The molecule has 0 radical (unpaired) electrons. The highest BCUT2D eigenvalue weighted by atomic mass is 16.6. The molecule has 2 unspecified atom stereocenters. The predicted molar refractivity (Wildman–Crippen MR) is 159 cm³/mol. The molecule has 2 aliphatic heterocycles. The lowest BCUT2D eigenvalue weighted by Crippen LogP contribution is -2.65. The number of imidazole rings is 1. The van der Waals surface area contributed by atoms with Crippen molar-refractivity contribution in [3.05, 3.63) is 41.9 Å². The van der Waals surface area contributed by atoms with Gasteiger partial charge in [0.25, 0.3) is 0 Å². The second kappa shape index (κ2) is 10.9. The molecule has 1 saturated carbocycles. The summed E-state index contributed by atoms with van der Waals surface area (Å²) in [4.78, 5) is 49.4. The van der Waals surface area contributed by atoms with Crippen LogP contribution in [0.1, 0.15) is 103 Å². The maximum atomic E-state index is 13.5. The van der Waals surface area contributed by atoms with E-state index in [0.29, 0.717) is 31.8 Å². The Bertz CT molecular complexity index is 1320. The normalized spacial score (nSPS) is 26.2. The fourth-order valence-electron chi connectivity index (χ4n) is 6.92. The highest BCUT2D eigenvalue weighted by Crippen LogP contribution is 2.45. The van der Waals surface area contributed by atoms with E-state index in [1.807, 2.05) is 47.7 Å². The van der Waals surface area contributed by atoms with E-state index in [4.69, 9.17) is 4.74 Å². The Hall–Kier alpha value is -3.56. The number of aromatic nitrogens is 2. The number of aromatic amines is 1. The van der Waals surface area contributed by atoms with Gasteiger partial charge in [-0.1, -0.05) is 45.0 Å². The van der Waals surface area contributed by atoms with E-state index in [9.17, 15) is 19.5 Å². The van der Waals surface area contributed by atoms with Crippen molar-refractivity contribution in [3.63, 3.8) is 0 Å². The molecule has 1 aromatic carbocycles. The average Bonchev–Trinajstić information content (AvgIpc) is 3.63. The molecule has 42 heavy (non-hydrogen) atoms. The quantitative estimate of drug-likeness (QED) is 0.395. The fraction of sp³-hybridized carbons (Fsp3) is 0.625. The highest BCUT2D eigenvalue weighted by Gasteiger charge is 2.57. The van der Waals surface area contributed by atoms with Crippen molar-refractivity contribution in [1.29, 1.82) is 0 Å². The number of carbonyl (C=O) groups is 3. The topological polar surface area (TPSA) is 128 Å². The Morgan fingerprint density at radius 2 is 1.74 bits per heavy atom. The lowest BCUT2D eigenvalue weighted by molar-refractivity contribution is -0.139. The van der Waals surface area contributed by atoms with Crippen LogP contribution in [0.5, 0.6) is 0 Å². The van der Waals surface area contributed by atoms with Gasteiger partial charge >= 0.3 is 12.2 Å². The molecule has 3 amide bonds. The van der Waals surface area contributed by atoms with Crippen LogP contribution >= 0.6 is 0 Å². The zero-order chi connectivity index (χ0) is 30.4. The summed E-state index contributed by atoms with van der Waals surface area (Å²) in [5.74, 6) is 0.940.